The normalized spacial score (nSPS) is 11.2. The van der Waals surface area contributed by atoms with Crippen molar-refractivity contribution in [1.29, 1.82) is 0 Å². The lowest BCUT2D eigenvalue weighted by Gasteiger charge is -2.03. The minimum atomic E-state index is -0.145. The number of hydrogen-bond donors (Lipinski definition) is 0. The van der Waals surface area contributed by atoms with E-state index in [2.05, 4.69) is 20.6 Å². The molecule has 8 nitrogen and oxygen atoms in total. The highest BCUT2D eigenvalue weighted by molar-refractivity contribution is 7.99. The summed E-state index contributed by atoms with van der Waals surface area (Å²) in [6.07, 6.45) is 1.71. The highest BCUT2D eigenvalue weighted by Gasteiger charge is 2.10. The molecule has 9 heteroatoms. The molecule has 0 fully saturated rings. The summed E-state index contributed by atoms with van der Waals surface area (Å²) in [5.41, 5.74) is 1.39. The zero-order valence-electron chi connectivity index (χ0n) is 12.6. The second-order valence-corrected chi connectivity index (χ2v) is 6.05. The molecular weight excluding hydrogens is 326 g/mol. The number of aromatic nitrogens is 7. The molecule has 0 N–H and O–H groups in total. The molecule has 120 valence electrons. The molecule has 1 aromatic carbocycles. The van der Waals surface area contributed by atoms with Crippen molar-refractivity contribution in [3.63, 3.8) is 0 Å². The fraction of sp³-hybridized carbons (Fsp3) is 0.133. The van der Waals surface area contributed by atoms with Crippen LogP contribution in [0.25, 0.3) is 11.3 Å². The number of hydrogen-bond acceptors (Lipinski definition) is 6. The summed E-state index contributed by atoms with van der Waals surface area (Å²) in [4.78, 5) is 12.2. The van der Waals surface area contributed by atoms with E-state index in [4.69, 9.17) is 0 Å². The van der Waals surface area contributed by atoms with Crippen molar-refractivity contribution >= 4 is 17.4 Å². The van der Waals surface area contributed by atoms with Gasteiger partial charge in [-0.25, -0.2) is 9.48 Å². The number of rotatable bonds is 5. The molecule has 0 unspecified atom stereocenters. The van der Waals surface area contributed by atoms with E-state index in [1.807, 2.05) is 42.5 Å². The van der Waals surface area contributed by atoms with E-state index in [0.29, 0.717) is 23.1 Å². The van der Waals surface area contributed by atoms with Gasteiger partial charge in [0.05, 0.1) is 12.2 Å². The van der Waals surface area contributed by atoms with Gasteiger partial charge in [0.25, 0.3) is 0 Å². The number of aryl methyl sites for hydroxylation is 1. The molecule has 0 radical (unpaired) electrons. The molecular formula is C15H13N7OS. The van der Waals surface area contributed by atoms with Gasteiger partial charge in [0, 0.05) is 11.9 Å². The number of thioether (sulfide) groups is 1. The third-order valence-electron chi connectivity index (χ3n) is 3.46. The number of fused-ring (bicyclic) bond motifs is 1. The van der Waals surface area contributed by atoms with Crippen molar-refractivity contribution in [3.8, 4) is 5.69 Å². The van der Waals surface area contributed by atoms with E-state index in [1.54, 1.807) is 16.9 Å². The average Bonchev–Trinajstić information content (AvgIpc) is 3.21. The van der Waals surface area contributed by atoms with E-state index in [-0.39, 0.29) is 5.69 Å². The minimum Gasteiger partial charge on any atom is -0.250 e. The number of benzene rings is 1. The van der Waals surface area contributed by atoms with Gasteiger partial charge < -0.3 is 0 Å². The third kappa shape index (κ3) is 2.69. The van der Waals surface area contributed by atoms with Gasteiger partial charge in [0.15, 0.2) is 5.65 Å². The van der Waals surface area contributed by atoms with Crippen LogP contribution < -0.4 is 5.69 Å². The van der Waals surface area contributed by atoms with Gasteiger partial charge >= 0.3 is 5.69 Å². The number of para-hydroxylation sites is 1. The molecule has 0 bridgehead atoms. The van der Waals surface area contributed by atoms with E-state index in [1.165, 1.54) is 20.8 Å². The van der Waals surface area contributed by atoms with Crippen molar-refractivity contribution in [2.24, 2.45) is 0 Å². The summed E-state index contributed by atoms with van der Waals surface area (Å²) >= 11 is 1.48. The second-order valence-electron chi connectivity index (χ2n) is 4.99. The minimum absolute atomic E-state index is 0.145. The molecule has 24 heavy (non-hydrogen) atoms. The first kappa shape index (κ1) is 14.6. The van der Waals surface area contributed by atoms with Crippen LogP contribution >= 0.6 is 11.8 Å². The van der Waals surface area contributed by atoms with Crippen molar-refractivity contribution in [3.05, 3.63) is 65.2 Å². The van der Waals surface area contributed by atoms with Crippen molar-refractivity contribution in [1.82, 2.24) is 34.4 Å². The van der Waals surface area contributed by atoms with Crippen LogP contribution in [0, 0.1) is 0 Å². The van der Waals surface area contributed by atoms with Gasteiger partial charge in [-0.15, -0.1) is 10.2 Å². The Balaban J connectivity index is 1.49. The maximum atomic E-state index is 12.2. The fourth-order valence-corrected chi connectivity index (χ4v) is 3.14. The lowest BCUT2D eigenvalue weighted by atomic mass is 10.3. The molecule has 0 saturated carbocycles. The summed E-state index contributed by atoms with van der Waals surface area (Å²) in [5, 5.41) is 16.8. The van der Waals surface area contributed by atoms with Crippen molar-refractivity contribution < 1.29 is 0 Å². The molecule has 0 atom stereocenters. The molecule has 4 aromatic rings. The first-order valence-corrected chi connectivity index (χ1v) is 8.32. The number of pyridine rings is 1. The van der Waals surface area contributed by atoms with Gasteiger partial charge in [0.2, 0.25) is 5.16 Å². The Morgan fingerprint density at radius 1 is 1.04 bits per heavy atom. The Kier molecular flexibility index (Phi) is 3.83. The molecule has 3 heterocycles. The van der Waals surface area contributed by atoms with Crippen LogP contribution in [0.2, 0.25) is 0 Å². The molecule has 0 aliphatic rings. The Morgan fingerprint density at radius 3 is 2.71 bits per heavy atom. The molecule has 3 aromatic heterocycles. The fourth-order valence-electron chi connectivity index (χ4n) is 2.34. The molecule has 0 amide bonds. The standard InChI is InChI=1S/C15H13N7OS/c23-15-20-9-5-4-8-13(20)17-21(15)10-11-24-14-16-18-19-22(14)12-6-2-1-3-7-12/h1-9H,10-11H2. The summed E-state index contributed by atoms with van der Waals surface area (Å²) in [7, 11) is 0. The largest absolute Gasteiger partial charge is 0.350 e. The lowest BCUT2D eigenvalue weighted by Crippen LogP contribution is -2.22. The third-order valence-corrected chi connectivity index (χ3v) is 4.36. The first-order valence-electron chi connectivity index (χ1n) is 7.34. The van der Waals surface area contributed by atoms with Crippen LogP contribution in [-0.4, -0.2) is 40.1 Å². The van der Waals surface area contributed by atoms with Crippen LogP contribution in [0.15, 0.2) is 64.7 Å². The molecule has 4 rings (SSSR count). The zero-order chi connectivity index (χ0) is 16.4. The van der Waals surface area contributed by atoms with E-state index in [9.17, 15) is 4.79 Å². The van der Waals surface area contributed by atoms with E-state index < -0.39 is 0 Å². The second kappa shape index (κ2) is 6.28. The SMILES string of the molecule is O=c1n(CCSc2nnnn2-c2ccccc2)nc2ccccn12. The Hall–Kier alpha value is -2.94. The van der Waals surface area contributed by atoms with E-state index >= 15 is 0 Å². The number of nitrogens with zero attached hydrogens (tertiary/aromatic N) is 7. The average molecular weight is 339 g/mol. The Bertz CT molecular complexity index is 1020. The topological polar surface area (TPSA) is 82.9 Å². The van der Waals surface area contributed by atoms with E-state index in [0.717, 1.165) is 5.69 Å². The predicted octanol–water partition coefficient (Wildman–Crippen LogP) is 1.26. The van der Waals surface area contributed by atoms with Crippen molar-refractivity contribution in [2.45, 2.75) is 11.7 Å². The number of tetrazole rings is 1. The molecule has 0 aliphatic carbocycles. The zero-order valence-corrected chi connectivity index (χ0v) is 13.4. The molecule has 0 aliphatic heterocycles. The summed E-state index contributed by atoms with van der Waals surface area (Å²) in [6.45, 7) is 0.479. The highest BCUT2D eigenvalue weighted by Crippen LogP contribution is 2.17. The van der Waals surface area contributed by atoms with Crippen LogP contribution in [-0.2, 0) is 6.54 Å². The summed E-state index contributed by atoms with van der Waals surface area (Å²) in [5.74, 6) is 0.636. The van der Waals surface area contributed by atoms with Crippen LogP contribution in [0.3, 0.4) is 0 Å². The Morgan fingerprint density at radius 2 is 1.88 bits per heavy atom. The maximum absolute atomic E-state index is 12.2. The van der Waals surface area contributed by atoms with Gasteiger partial charge in [-0.3, -0.25) is 4.40 Å². The van der Waals surface area contributed by atoms with Gasteiger partial charge in [0.1, 0.15) is 0 Å². The molecule has 0 saturated heterocycles. The quantitative estimate of drug-likeness (QED) is 0.509. The van der Waals surface area contributed by atoms with Crippen LogP contribution in [0.5, 0.6) is 0 Å². The van der Waals surface area contributed by atoms with Crippen molar-refractivity contribution in [2.75, 3.05) is 5.75 Å². The first-order chi connectivity index (χ1) is 11.8. The monoisotopic (exact) mass is 339 g/mol. The maximum Gasteiger partial charge on any atom is 0.350 e. The lowest BCUT2D eigenvalue weighted by molar-refractivity contribution is 0.638. The summed E-state index contributed by atoms with van der Waals surface area (Å²) in [6, 6.07) is 15.2. The van der Waals surface area contributed by atoms with Crippen LogP contribution in [0.4, 0.5) is 0 Å². The highest BCUT2D eigenvalue weighted by atomic mass is 32.2. The summed E-state index contributed by atoms with van der Waals surface area (Å²) < 4.78 is 4.66. The van der Waals surface area contributed by atoms with Gasteiger partial charge in [-0.2, -0.15) is 4.68 Å². The Labute approximate surface area is 140 Å². The molecule has 0 spiro atoms. The smallest absolute Gasteiger partial charge is 0.250 e. The van der Waals surface area contributed by atoms with Crippen LogP contribution in [0.1, 0.15) is 0 Å². The van der Waals surface area contributed by atoms with Gasteiger partial charge in [-0.1, -0.05) is 36.0 Å². The van der Waals surface area contributed by atoms with Gasteiger partial charge in [-0.05, 0) is 34.7 Å². The predicted molar refractivity (Wildman–Crippen MR) is 89.3 cm³/mol.